The molecule has 0 saturated carbocycles. The summed E-state index contributed by atoms with van der Waals surface area (Å²) in [5, 5.41) is 7.48. The van der Waals surface area contributed by atoms with E-state index in [1.54, 1.807) is 0 Å². The maximum absolute atomic E-state index is 5.24. The van der Waals surface area contributed by atoms with E-state index in [1.807, 2.05) is 6.92 Å². The fraction of sp³-hybridized carbons (Fsp3) is 0.636. The van der Waals surface area contributed by atoms with Crippen LogP contribution < -0.4 is 5.32 Å². The Hall–Kier alpha value is -0.920. The first-order valence-electron chi connectivity index (χ1n) is 5.25. The summed E-state index contributed by atoms with van der Waals surface area (Å²) in [6.45, 7) is 5.07. The Morgan fingerprint density at radius 1 is 1.60 bits per heavy atom. The quantitative estimate of drug-likeness (QED) is 0.594. The van der Waals surface area contributed by atoms with Crippen molar-refractivity contribution in [3.8, 4) is 12.3 Å². The standard InChI is InChI=1S/C11H17N3S/c1-4-6-7-8-10(12-5-2)11-9(3)13-14-15-11/h1,10,12H,5-8H2,2-3H3. The molecule has 1 aromatic rings. The topological polar surface area (TPSA) is 37.8 Å². The number of hydrogen-bond donors (Lipinski definition) is 1. The van der Waals surface area contributed by atoms with Crippen molar-refractivity contribution in [2.45, 2.75) is 39.2 Å². The molecule has 0 saturated heterocycles. The summed E-state index contributed by atoms with van der Waals surface area (Å²) in [6, 6.07) is 0.364. The monoisotopic (exact) mass is 223 g/mol. The van der Waals surface area contributed by atoms with Gasteiger partial charge in [0.05, 0.1) is 10.6 Å². The zero-order valence-corrected chi connectivity index (χ0v) is 10.1. The van der Waals surface area contributed by atoms with Gasteiger partial charge in [-0.25, -0.2) is 0 Å². The molecule has 1 rings (SSSR count). The van der Waals surface area contributed by atoms with Crippen molar-refractivity contribution in [2.24, 2.45) is 0 Å². The molecule has 1 unspecified atom stereocenters. The lowest BCUT2D eigenvalue weighted by Gasteiger charge is -2.15. The summed E-state index contributed by atoms with van der Waals surface area (Å²) < 4.78 is 3.96. The Balaban J connectivity index is 2.58. The van der Waals surface area contributed by atoms with Crippen LogP contribution >= 0.6 is 11.5 Å². The number of aromatic nitrogens is 2. The molecule has 1 aromatic heterocycles. The molecule has 0 radical (unpaired) electrons. The van der Waals surface area contributed by atoms with E-state index in [0.717, 1.165) is 31.5 Å². The number of hydrogen-bond acceptors (Lipinski definition) is 4. The molecule has 0 fully saturated rings. The first-order chi connectivity index (χ1) is 7.29. The lowest BCUT2D eigenvalue weighted by atomic mass is 10.1. The van der Waals surface area contributed by atoms with Gasteiger partial charge >= 0.3 is 0 Å². The van der Waals surface area contributed by atoms with Crippen LogP contribution in [0.1, 0.15) is 42.8 Å². The average Bonchev–Trinajstić information content (AvgIpc) is 2.64. The van der Waals surface area contributed by atoms with Gasteiger partial charge in [0.25, 0.3) is 0 Å². The van der Waals surface area contributed by atoms with Crippen LogP contribution in [0.2, 0.25) is 0 Å². The first-order valence-corrected chi connectivity index (χ1v) is 6.02. The Kier molecular flexibility index (Phi) is 5.30. The number of nitrogens with one attached hydrogen (secondary N) is 1. The van der Waals surface area contributed by atoms with Crippen LogP contribution in [-0.4, -0.2) is 16.1 Å². The Bertz CT molecular complexity index is 327. The van der Waals surface area contributed by atoms with Gasteiger partial charge in [-0.15, -0.1) is 17.4 Å². The molecule has 0 bridgehead atoms. The molecule has 0 aromatic carbocycles. The molecular formula is C11H17N3S. The summed E-state index contributed by atoms with van der Waals surface area (Å²) in [5.74, 6) is 2.67. The number of rotatable bonds is 6. The number of unbranched alkanes of at least 4 members (excludes halogenated alkanes) is 1. The van der Waals surface area contributed by atoms with Crippen molar-refractivity contribution in [2.75, 3.05) is 6.54 Å². The third kappa shape index (κ3) is 3.61. The summed E-state index contributed by atoms with van der Waals surface area (Å²) in [4.78, 5) is 1.24. The van der Waals surface area contributed by atoms with E-state index >= 15 is 0 Å². The highest BCUT2D eigenvalue weighted by Crippen LogP contribution is 2.24. The van der Waals surface area contributed by atoms with Crippen molar-refractivity contribution < 1.29 is 0 Å². The minimum atomic E-state index is 0.364. The molecule has 0 spiro atoms. The smallest absolute Gasteiger partial charge is 0.0772 e. The summed E-state index contributed by atoms with van der Waals surface area (Å²) in [7, 11) is 0. The minimum Gasteiger partial charge on any atom is -0.309 e. The summed E-state index contributed by atoms with van der Waals surface area (Å²) in [6.07, 6.45) is 8.19. The molecule has 82 valence electrons. The van der Waals surface area contributed by atoms with Crippen LogP contribution in [0, 0.1) is 19.3 Å². The van der Waals surface area contributed by atoms with Gasteiger partial charge in [-0.1, -0.05) is 11.4 Å². The average molecular weight is 223 g/mol. The van der Waals surface area contributed by atoms with Gasteiger partial charge in [0.1, 0.15) is 0 Å². The van der Waals surface area contributed by atoms with Crippen LogP contribution in [0.5, 0.6) is 0 Å². The van der Waals surface area contributed by atoms with Crippen LogP contribution in [0.25, 0.3) is 0 Å². The third-order valence-electron chi connectivity index (χ3n) is 2.27. The molecule has 4 heteroatoms. The molecule has 0 aliphatic heterocycles. The van der Waals surface area contributed by atoms with Crippen molar-refractivity contribution in [3.05, 3.63) is 10.6 Å². The van der Waals surface area contributed by atoms with E-state index < -0.39 is 0 Å². The van der Waals surface area contributed by atoms with Gasteiger partial charge in [-0.2, -0.15) is 0 Å². The highest BCUT2D eigenvalue weighted by atomic mass is 32.1. The molecule has 1 N–H and O–H groups in total. The largest absolute Gasteiger partial charge is 0.309 e. The molecule has 1 heterocycles. The van der Waals surface area contributed by atoms with E-state index in [0.29, 0.717) is 6.04 Å². The van der Waals surface area contributed by atoms with Gasteiger partial charge in [0.2, 0.25) is 0 Å². The maximum atomic E-state index is 5.24. The van der Waals surface area contributed by atoms with E-state index in [-0.39, 0.29) is 0 Å². The van der Waals surface area contributed by atoms with Crippen LogP contribution in [0.4, 0.5) is 0 Å². The first kappa shape index (κ1) is 12.2. The Morgan fingerprint density at radius 2 is 2.40 bits per heavy atom. The molecule has 0 amide bonds. The lowest BCUT2D eigenvalue weighted by molar-refractivity contribution is 0.506. The second kappa shape index (κ2) is 6.54. The Labute approximate surface area is 95.5 Å². The SMILES string of the molecule is C#CCCCC(NCC)c1snnc1C. The van der Waals surface area contributed by atoms with Gasteiger partial charge in [-0.3, -0.25) is 0 Å². The van der Waals surface area contributed by atoms with Crippen molar-refractivity contribution in [1.29, 1.82) is 0 Å². The number of aryl methyl sites for hydroxylation is 1. The second-order valence-electron chi connectivity index (χ2n) is 3.43. The highest BCUT2D eigenvalue weighted by Gasteiger charge is 2.15. The zero-order chi connectivity index (χ0) is 11.1. The van der Waals surface area contributed by atoms with Gasteiger partial charge in [0, 0.05) is 12.5 Å². The fourth-order valence-electron chi connectivity index (χ4n) is 1.54. The second-order valence-corrected chi connectivity index (χ2v) is 4.21. The third-order valence-corrected chi connectivity index (χ3v) is 3.21. The number of terminal acetylenes is 1. The van der Waals surface area contributed by atoms with Gasteiger partial charge in [-0.05, 0) is 37.8 Å². The van der Waals surface area contributed by atoms with E-state index in [1.165, 1.54) is 16.4 Å². The molecule has 3 nitrogen and oxygen atoms in total. The predicted octanol–water partition coefficient (Wildman–Crippen LogP) is 2.30. The highest BCUT2D eigenvalue weighted by molar-refractivity contribution is 7.05. The zero-order valence-electron chi connectivity index (χ0n) is 9.29. The molecule has 15 heavy (non-hydrogen) atoms. The normalized spacial score (nSPS) is 12.3. The van der Waals surface area contributed by atoms with E-state index in [9.17, 15) is 0 Å². The lowest BCUT2D eigenvalue weighted by Crippen LogP contribution is -2.20. The minimum absolute atomic E-state index is 0.364. The van der Waals surface area contributed by atoms with Crippen LogP contribution in [0.15, 0.2) is 0 Å². The van der Waals surface area contributed by atoms with E-state index in [2.05, 4.69) is 27.7 Å². The molecule has 1 atom stereocenters. The summed E-state index contributed by atoms with van der Waals surface area (Å²) in [5.41, 5.74) is 1.03. The summed E-state index contributed by atoms with van der Waals surface area (Å²) >= 11 is 1.48. The van der Waals surface area contributed by atoms with Gasteiger partial charge < -0.3 is 5.32 Å². The van der Waals surface area contributed by atoms with E-state index in [4.69, 9.17) is 6.42 Å². The van der Waals surface area contributed by atoms with Gasteiger partial charge in [0.15, 0.2) is 0 Å². The van der Waals surface area contributed by atoms with Crippen LogP contribution in [0.3, 0.4) is 0 Å². The van der Waals surface area contributed by atoms with Crippen molar-refractivity contribution in [3.63, 3.8) is 0 Å². The Morgan fingerprint density at radius 3 is 2.93 bits per heavy atom. The van der Waals surface area contributed by atoms with Crippen molar-refractivity contribution in [1.82, 2.24) is 14.9 Å². The predicted molar refractivity (Wildman–Crippen MR) is 63.7 cm³/mol. The fourth-order valence-corrected chi connectivity index (χ4v) is 2.29. The molecule has 0 aliphatic carbocycles. The van der Waals surface area contributed by atoms with Crippen molar-refractivity contribution >= 4 is 11.5 Å². The van der Waals surface area contributed by atoms with Crippen LogP contribution in [-0.2, 0) is 0 Å². The molecule has 0 aliphatic rings. The molecular weight excluding hydrogens is 206 g/mol. The number of nitrogens with zero attached hydrogens (tertiary/aromatic N) is 2. The maximum Gasteiger partial charge on any atom is 0.0772 e.